The van der Waals surface area contributed by atoms with Gasteiger partial charge in [0, 0.05) is 18.0 Å². The number of amides is 1. The normalized spacial score (nSPS) is 10.7. The number of methoxy groups -OCH3 is 1. The van der Waals surface area contributed by atoms with Gasteiger partial charge in [-0.15, -0.1) is 0 Å². The number of carbonyl (C=O) groups is 1. The minimum absolute atomic E-state index is 0.161. The molecule has 0 aliphatic rings. The van der Waals surface area contributed by atoms with E-state index in [1.165, 1.54) is 5.56 Å². The first-order chi connectivity index (χ1) is 15.6. The average molecular weight is 431 g/mol. The van der Waals surface area contributed by atoms with Crippen molar-refractivity contribution in [1.29, 1.82) is 0 Å². The van der Waals surface area contributed by atoms with Gasteiger partial charge >= 0.3 is 0 Å². The van der Waals surface area contributed by atoms with Gasteiger partial charge in [-0.2, -0.15) is 0 Å². The van der Waals surface area contributed by atoms with Crippen molar-refractivity contribution in [1.82, 2.24) is 14.7 Å². The molecule has 0 spiro atoms. The van der Waals surface area contributed by atoms with Crippen molar-refractivity contribution in [3.63, 3.8) is 0 Å². The van der Waals surface area contributed by atoms with Gasteiger partial charge < -0.3 is 23.9 Å². The van der Waals surface area contributed by atoms with E-state index in [0.29, 0.717) is 31.1 Å². The third kappa shape index (κ3) is 5.37. The molecule has 0 atom stereocenters. The van der Waals surface area contributed by atoms with E-state index in [4.69, 9.17) is 14.2 Å². The number of carbonyl (C=O) groups excluding carboxylic acids is 1. The first kappa shape index (κ1) is 21.2. The zero-order valence-corrected chi connectivity index (χ0v) is 18.1. The van der Waals surface area contributed by atoms with Gasteiger partial charge in [0.25, 0.3) is 5.91 Å². The molecule has 164 valence electrons. The zero-order chi connectivity index (χ0) is 22.3. The molecule has 0 saturated heterocycles. The number of aryl methyl sites for hydroxylation is 1. The molecule has 1 amide bonds. The number of aromatic nitrogens is 2. The third-order valence-corrected chi connectivity index (χ3v) is 4.87. The lowest BCUT2D eigenvalue weighted by molar-refractivity contribution is 0.0947. The molecular formula is C25H25N3O4. The summed E-state index contributed by atoms with van der Waals surface area (Å²) in [6.07, 6.45) is 3.99. The van der Waals surface area contributed by atoms with Gasteiger partial charge in [0.2, 0.25) is 0 Å². The third-order valence-electron chi connectivity index (χ3n) is 4.87. The number of rotatable bonds is 9. The first-order valence-corrected chi connectivity index (χ1v) is 10.3. The largest absolute Gasteiger partial charge is 0.497 e. The summed E-state index contributed by atoms with van der Waals surface area (Å²) >= 11 is 0. The summed E-state index contributed by atoms with van der Waals surface area (Å²) in [4.78, 5) is 16.9. The van der Waals surface area contributed by atoms with Crippen LogP contribution in [0.2, 0.25) is 0 Å². The fourth-order valence-corrected chi connectivity index (χ4v) is 3.19. The highest BCUT2D eigenvalue weighted by Crippen LogP contribution is 2.17. The lowest BCUT2D eigenvalue weighted by Crippen LogP contribution is -2.28. The van der Waals surface area contributed by atoms with E-state index in [1.54, 1.807) is 31.4 Å². The highest BCUT2D eigenvalue weighted by atomic mass is 16.5. The summed E-state index contributed by atoms with van der Waals surface area (Å²) in [5.41, 5.74) is 3.46. The van der Waals surface area contributed by atoms with E-state index in [9.17, 15) is 4.79 Å². The number of imidazole rings is 1. The Labute approximate surface area is 186 Å². The minimum atomic E-state index is -0.161. The van der Waals surface area contributed by atoms with Crippen LogP contribution >= 0.6 is 0 Å². The molecule has 0 bridgehead atoms. The molecular weight excluding hydrogens is 406 g/mol. The second-order valence-corrected chi connectivity index (χ2v) is 7.30. The smallest absolute Gasteiger partial charge is 0.251 e. The number of pyridine rings is 1. The lowest BCUT2D eigenvalue weighted by atomic mass is 10.2. The highest BCUT2D eigenvalue weighted by Gasteiger charge is 2.07. The molecule has 0 aliphatic heterocycles. The quantitative estimate of drug-likeness (QED) is 0.405. The molecule has 2 aromatic carbocycles. The Kier molecular flexibility index (Phi) is 6.55. The molecule has 0 unspecified atom stereocenters. The van der Waals surface area contributed by atoms with Gasteiger partial charge in [-0.3, -0.25) is 4.79 Å². The predicted molar refractivity (Wildman–Crippen MR) is 122 cm³/mol. The monoisotopic (exact) mass is 431 g/mol. The van der Waals surface area contributed by atoms with Crippen molar-refractivity contribution in [3.05, 3.63) is 89.9 Å². The van der Waals surface area contributed by atoms with Crippen LogP contribution in [0, 0.1) is 6.92 Å². The van der Waals surface area contributed by atoms with Crippen LogP contribution in [0.3, 0.4) is 0 Å². The summed E-state index contributed by atoms with van der Waals surface area (Å²) in [6, 6.07) is 18.4. The molecule has 1 N–H and O–H groups in total. The first-order valence-electron chi connectivity index (χ1n) is 10.3. The number of hydrogen-bond acceptors (Lipinski definition) is 5. The Bertz CT molecular complexity index is 1180. The number of nitrogens with zero attached hydrogens (tertiary/aromatic N) is 2. The van der Waals surface area contributed by atoms with E-state index in [2.05, 4.69) is 10.3 Å². The average Bonchev–Trinajstić information content (AvgIpc) is 3.23. The molecule has 0 radical (unpaired) electrons. The van der Waals surface area contributed by atoms with Gasteiger partial charge in [0.1, 0.15) is 36.1 Å². The summed E-state index contributed by atoms with van der Waals surface area (Å²) in [7, 11) is 1.62. The summed E-state index contributed by atoms with van der Waals surface area (Å²) in [5.74, 6) is 2.01. The molecule has 32 heavy (non-hydrogen) atoms. The maximum atomic E-state index is 12.3. The Balaban J connectivity index is 1.22. The van der Waals surface area contributed by atoms with Gasteiger partial charge in [0.05, 0.1) is 19.3 Å². The van der Waals surface area contributed by atoms with E-state index in [1.807, 2.05) is 60.1 Å². The van der Waals surface area contributed by atoms with Crippen molar-refractivity contribution in [3.8, 4) is 17.2 Å². The molecule has 4 aromatic rings. The number of benzene rings is 2. The highest BCUT2D eigenvalue weighted by molar-refractivity contribution is 5.94. The number of fused-ring (bicyclic) bond motifs is 1. The van der Waals surface area contributed by atoms with Crippen LogP contribution in [0.25, 0.3) is 5.65 Å². The van der Waals surface area contributed by atoms with Gasteiger partial charge in [-0.1, -0.05) is 6.07 Å². The van der Waals surface area contributed by atoms with Crippen LogP contribution in [0.4, 0.5) is 0 Å². The molecule has 0 fully saturated rings. The topological polar surface area (TPSA) is 74.1 Å². The number of nitrogens with one attached hydrogen (secondary N) is 1. The Morgan fingerprint density at radius 2 is 1.59 bits per heavy atom. The second-order valence-electron chi connectivity index (χ2n) is 7.30. The van der Waals surface area contributed by atoms with Gasteiger partial charge in [0.15, 0.2) is 0 Å². The standard InChI is InChI=1S/C25H25N3O4/c1-18-3-12-24-27-20(16-28(24)15-18)17-32-23-6-4-19(5-7-23)25(29)26-13-14-31-22-10-8-21(30-2)9-11-22/h3-12,15-16H,13-14,17H2,1-2H3,(H,26,29). The van der Waals surface area contributed by atoms with E-state index >= 15 is 0 Å². The minimum Gasteiger partial charge on any atom is -0.497 e. The van der Waals surface area contributed by atoms with Crippen LogP contribution in [0.1, 0.15) is 21.6 Å². The van der Waals surface area contributed by atoms with E-state index in [-0.39, 0.29) is 5.91 Å². The number of hydrogen-bond donors (Lipinski definition) is 1. The molecule has 4 rings (SSSR count). The maximum Gasteiger partial charge on any atom is 0.251 e. The fraction of sp³-hybridized carbons (Fsp3) is 0.200. The van der Waals surface area contributed by atoms with E-state index in [0.717, 1.165) is 22.8 Å². The van der Waals surface area contributed by atoms with Crippen LogP contribution in [0.15, 0.2) is 73.1 Å². The van der Waals surface area contributed by atoms with Crippen LogP contribution < -0.4 is 19.5 Å². The van der Waals surface area contributed by atoms with Crippen LogP contribution in [-0.2, 0) is 6.61 Å². The molecule has 2 aromatic heterocycles. The number of ether oxygens (including phenoxy) is 3. The lowest BCUT2D eigenvalue weighted by Gasteiger charge is -2.09. The second kappa shape index (κ2) is 9.87. The Morgan fingerprint density at radius 3 is 2.34 bits per heavy atom. The SMILES string of the molecule is COc1ccc(OCCNC(=O)c2ccc(OCc3cn4cc(C)ccc4n3)cc2)cc1. The van der Waals surface area contributed by atoms with Gasteiger partial charge in [-0.05, 0) is 67.1 Å². The Morgan fingerprint density at radius 1 is 0.906 bits per heavy atom. The van der Waals surface area contributed by atoms with Crippen LogP contribution in [0.5, 0.6) is 17.2 Å². The molecule has 7 nitrogen and oxygen atoms in total. The van der Waals surface area contributed by atoms with Crippen molar-refractivity contribution in [2.24, 2.45) is 0 Å². The van der Waals surface area contributed by atoms with Crippen molar-refractivity contribution < 1.29 is 19.0 Å². The Hall–Kier alpha value is -4.00. The zero-order valence-electron chi connectivity index (χ0n) is 18.1. The fourth-order valence-electron chi connectivity index (χ4n) is 3.19. The van der Waals surface area contributed by atoms with Crippen molar-refractivity contribution in [2.45, 2.75) is 13.5 Å². The molecule has 2 heterocycles. The summed E-state index contributed by atoms with van der Waals surface area (Å²) < 4.78 is 18.5. The molecule has 7 heteroatoms. The molecule has 0 aliphatic carbocycles. The summed E-state index contributed by atoms with van der Waals surface area (Å²) in [6.45, 7) is 3.17. The van der Waals surface area contributed by atoms with Crippen molar-refractivity contribution >= 4 is 11.6 Å². The van der Waals surface area contributed by atoms with Crippen LogP contribution in [-0.4, -0.2) is 35.6 Å². The van der Waals surface area contributed by atoms with Crippen molar-refractivity contribution in [2.75, 3.05) is 20.3 Å². The van der Waals surface area contributed by atoms with Gasteiger partial charge in [-0.25, -0.2) is 4.98 Å². The summed E-state index contributed by atoms with van der Waals surface area (Å²) in [5, 5.41) is 2.85. The van der Waals surface area contributed by atoms with E-state index < -0.39 is 0 Å². The molecule has 0 saturated carbocycles. The predicted octanol–water partition coefficient (Wildman–Crippen LogP) is 4.04. The maximum absolute atomic E-state index is 12.3.